The molecule has 10 heteroatoms. The van der Waals surface area contributed by atoms with Crippen molar-refractivity contribution in [1.29, 1.82) is 0 Å². The highest BCUT2D eigenvalue weighted by Crippen LogP contribution is 2.46. The zero-order valence-corrected chi connectivity index (χ0v) is 14.4. The quantitative estimate of drug-likeness (QED) is 0.553. The summed E-state index contributed by atoms with van der Waals surface area (Å²) in [7, 11) is 1.14. The molecule has 0 radical (unpaired) electrons. The first-order valence-corrected chi connectivity index (χ1v) is 7.67. The number of imide groups is 1. The van der Waals surface area contributed by atoms with Crippen LogP contribution < -0.4 is 5.32 Å². The Labute approximate surface area is 143 Å². The van der Waals surface area contributed by atoms with Crippen molar-refractivity contribution >= 4 is 29.8 Å². The maximum Gasteiger partial charge on any atom is 0.408 e. The predicted molar refractivity (Wildman–Crippen MR) is 79.4 cm³/mol. The van der Waals surface area contributed by atoms with Crippen LogP contribution in [0.1, 0.15) is 40.0 Å². The van der Waals surface area contributed by atoms with Gasteiger partial charge in [0.1, 0.15) is 5.60 Å². The molecule has 138 valence electrons. The van der Waals surface area contributed by atoms with Gasteiger partial charge < -0.3 is 19.6 Å². The molecule has 0 spiro atoms. The van der Waals surface area contributed by atoms with Gasteiger partial charge in [-0.05, 0) is 27.2 Å². The van der Waals surface area contributed by atoms with Gasteiger partial charge in [0.25, 0.3) is 11.8 Å². The van der Waals surface area contributed by atoms with E-state index in [4.69, 9.17) is 9.57 Å². The summed E-state index contributed by atoms with van der Waals surface area (Å²) in [6, 6.07) is 0. The van der Waals surface area contributed by atoms with Gasteiger partial charge in [-0.25, -0.2) is 9.59 Å². The van der Waals surface area contributed by atoms with E-state index < -0.39 is 46.9 Å². The molecule has 10 nitrogen and oxygen atoms in total. The Balaban J connectivity index is 2.14. The molecule has 1 N–H and O–H groups in total. The van der Waals surface area contributed by atoms with E-state index in [9.17, 15) is 24.0 Å². The number of esters is 1. The van der Waals surface area contributed by atoms with Crippen molar-refractivity contribution < 1.29 is 38.3 Å². The van der Waals surface area contributed by atoms with Crippen LogP contribution in [-0.2, 0) is 33.5 Å². The Morgan fingerprint density at radius 1 is 1.16 bits per heavy atom. The number of carbonyl (C=O) groups is 5. The number of rotatable bonds is 4. The molecule has 2 fully saturated rings. The Kier molecular flexibility index (Phi) is 4.74. The molecule has 0 aromatic heterocycles. The fourth-order valence-corrected chi connectivity index (χ4v) is 2.41. The first-order valence-electron chi connectivity index (χ1n) is 7.67. The van der Waals surface area contributed by atoms with E-state index in [-0.39, 0.29) is 19.3 Å². The lowest BCUT2D eigenvalue weighted by molar-refractivity contribution is -0.200. The summed E-state index contributed by atoms with van der Waals surface area (Å²) in [6.45, 7) is 4.89. The molecule has 1 saturated carbocycles. The Morgan fingerprint density at radius 3 is 2.20 bits per heavy atom. The monoisotopic (exact) mass is 356 g/mol. The summed E-state index contributed by atoms with van der Waals surface area (Å²) in [4.78, 5) is 64.2. The van der Waals surface area contributed by atoms with Gasteiger partial charge in [0.2, 0.25) is 0 Å². The Morgan fingerprint density at radius 2 is 1.72 bits per heavy atom. The van der Waals surface area contributed by atoms with E-state index >= 15 is 0 Å². The highest BCUT2D eigenvalue weighted by atomic mass is 16.7. The number of alkyl carbamates (subject to hydrolysis) is 1. The summed E-state index contributed by atoms with van der Waals surface area (Å²) in [5.41, 5.74) is -2.57. The van der Waals surface area contributed by atoms with E-state index in [1.165, 1.54) is 0 Å². The average Bonchev–Trinajstić information content (AvgIpc) is 3.13. The molecule has 1 saturated heterocycles. The fourth-order valence-electron chi connectivity index (χ4n) is 2.41. The lowest BCUT2D eigenvalue weighted by Crippen LogP contribution is -2.50. The van der Waals surface area contributed by atoms with Gasteiger partial charge in [0, 0.05) is 12.8 Å². The maximum atomic E-state index is 12.5. The minimum atomic E-state index is -1.74. The molecule has 0 aromatic carbocycles. The van der Waals surface area contributed by atoms with Crippen LogP contribution in [0.5, 0.6) is 0 Å². The van der Waals surface area contributed by atoms with Crippen LogP contribution in [0.2, 0.25) is 0 Å². The molecule has 25 heavy (non-hydrogen) atoms. The number of amides is 3. The zero-order chi connectivity index (χ0) is 19.0. The first kappa shape index (κ1) is 18.7. The third-order valence-electron chi connectivity index (χ3n) is 3.71. The molecular formula is C15H20N2O8. The SMILES string of the molecule is COC(=O)[C@@H]1CC1(NC(=O)OC(C)(C)C)C(=O)ON1C(=O)CCC1=O. The van der Waals surface area contributed by atoms with Crippen LogP contribution in [-0.4, -0.2) is 53.2 Å². The summed E-state index contributed by atoms with van der Waals surface area (Å²) in [5.74, 6) is -4.16. The molecule has 0 bridgehead atoms. The molecular weight excluding hydrogens is 336 g/mol. The van der Waals surface area contributed by atoms with Gasteiger partial charge in [-0.2, -0.15) is 0 Å². The minimum absolute atomic E-state index is 0.0704. The third kappa shape index (κ3) is 3.89. The van der Waals surface area contributed by atoms with Gasteiger partial charge in [-0.15, -0.1) is 5.06 Å². The van der Waals surface area contributed by atoms with E-state index in [2.05, 4.69) is 10.1 Å². The number of hydrogen-bond donors (Lipinski definition) is 1. The van der Waals surface area contributed by atoms with Crippen molar-refractivity contribution in [3.63, 3.8) is 0 Å². The number of carbonyl (C=O) groups excluding carboxylic acids is 5. The molecule has 2 rings (SSSR count). The molecule has 3 amide bonds. The second-order valence-electron chi connectivity index (χ2n) is 6.84. The number of nitrogens with one attached hydrogen (secondary N) is 1. The van der Waals surface area contributed by atoms with E-state index in [0.29, 0.717) is 5.06 Å². The second kappa shape index (κ2) is 6.34. The lowest BCUT2D eigenvalue weighted by atomic mass is 10.2. The number of hydrogen-bond acceptors (Lipinski definition) is 8. The van der Waals surface area contributed by atoms with E-state index in [0.717, 1.165) is 7.11 Å². The van der Waals surface area contributed by atoms with Gasteiger partial charge in [0.15, 0.2) is 5.54 Å². The summed E-state index contributed by atoms with van der Waals surface area (Å²) in [6.07, 6.45) is -1.17. The van der Waals surface area contributed by atoms with Crippen molar-refractivity contribution in [1.82, 2.24) is 10.4 Å². The lowest BCUT2D eigenvalue weighted by Gasteiger charge is -2.24. The van der Waals surface area contributed by atoms with E-state index in [1.54, 1.807) is 20.8 Å². The van der Waals surface area contributed by atoms with Gasteiger partial charge in [-0.3, -0.25) is 14.4 Å². The number of hydroxylamine groups is 2. The smallest absolute Gasteiger partial charge is 0.408 e. The maximum absolute atomic E-state index is 12.5. The zero-order valence-electron chi connectivity index (χ0n) is 14.4. The van der Waals surface area contributed by atoms with Gasteiger partial charge in [0.05, 0.1) is 13.0 Å². The first-order chi connectivity index (χ1) is 11.5. The predicted octanol–water partition coefficient (Wildman–Crippen LogP) is 0.0500. The van der Waals surface area contributed by atoms with Crippen LogP contribution in [0.15, 0.2) is 0 Å². The van der Waals surface area contributed by atoms with Gasteiger partial charge in [-0.1, -0.05) is 0 Å². The third-order valence-corrected chi connectivity index (χ3v) is 3.71. The number of nitrogens with zero attached hydrogens (tertiary/aromatic N) is 1. The molecule has 1 unspecified atom stereocenters. The van der Waals surface area contributed by atoms with Crippen molar-refractivity contribution in [3.8, 4) is 0 Å². The molecule has 2 atom stereocenters. The minimum Gasteiger partial charge on any atom is -0.469 e. The molecule has 1 aliphatic heterocycles. The Hall–Kier alpha value is -2.65. The van der Waals surface area contributed by atoms with Crippen molar-refractivity contribution in [2.24, 2.45) is 5.92 Å². The molecule has 2 aliphatic rings. The summed E-state index contributed by atoms with van der Waals surface area (Å²) in [5, 5.41) is 2.66. The van der Waals surface area contributed by atoms with Crippen LogP contribution in [0.4, 0.5) is 4.79 Å². The van der Waals surface area contributed by atoms with Gasteiger partial charge >= 0.3 is 18.0 Å². The largest absolute Gasteiger partial charge is 0.469 e. The summed E-state index contributed by atoms with van der Waals surface area (Å²) < 4.78 is 9.67. The van der Waals surface area contributed by atoms with Crippen molar-refractivity contribution in [2.45, 2.75) is 51.2 Å². The van der Waals surface area contributed by atoms with E-state index in [1.807, 2.05) is 0 Å². The van der Waals surface area contributed by atoms with Crippen molar-refractivity contribution in [3.05, 3.63) is 0 Å². The standard InChI is InChI=1S/C15H20N2O8/c1-14(2,3)24-13(22)16-15(7-8(15)11(20)23-4)12(21)25-17-9(18)5-6-10(17)19/h8H,5-7H2,1-4H3,(H,16,22)/t8-,15?/m0/s1. The highest BCUT2D eigenvalue weighted by molar-refractivity contribution is 6.03. The molecule has 1 aliphatic carbocycles. The van der Waals surface area contributed by atoms with Crippen molar-refractivity contribution in [2.75, 3.05) is 7.11 Å². The topological polar surface area (TPSA) is 128 Å². The molecule has 0 aromatic rings. The Bertz CT molecular complexity index is 622. The normalized spacial score (nSPS) is 25.4. The number of methoxy groups -OCH3 is 1. The fraction of sp³-hybridized carbons (Fsp3) is 0.667. The number of ether oxygens (including phenoxy) is 2. The van der Waals surface area contributed by atoms with Crippen LogP contribution in [0, 0.1) is 5.92 Å². The van der Waals surface area contributed by atoms with Crippen LogP contribution >= 0.6 is 0 Å². The summed E-state index contributed by atoms with van der Waals surface area (Å²) >= 11 is 0. The average molecular weight is 356 g/mol. The van der Waals surface area contributed by atoms with Crippen LogP contribution in [0.3, 0.4) is 0 Å². The second-order valence-corrected chi connectivity index (χ2v) is 6.84. The molecule has 1 heterocycles. The van der Waals surface area contributed by atoms with Crippen LogP contribution in [0.25, 0.3) is 0 Å². The highest BCUT2D eigenvalue weighted by Gasteiger charge is 2.68.